The summed E-state index contributed by atoms with van der Waals surface area (Å²) in [5, 5.41) is 4.35. The zero-order valence-electron chi connectivity index (χ0n) is 20.1. The Balaban J connectivity index is 1.38. The number of aromatic nitrogens is 3. The Labute approximate surface area is 220 Å². The highest BCUT2D eigenvalue weighted by molar-refractivity contribution is 7.92. The van der Waals surface area contributed by atoms with Gasteiger partial charge in [-0.3, -0.25) is 9.62 Å². The van der Waals surface area contributed by atoms with Crippen molar-refractivity contribution < 1.29 is 16.8 Å². The summed E-state index contributed by atoms with van der Waals surface area (Å²) in [5.74, 6) is 0.319. The molecule has 190 valence electrons. The number of para-hydroxylation sites is 2. The van der Waals surface area contributed by atoms with E-state index in [9.17, 15) is 16.8 Å². The van der Waals surface area contributed by atoms with Gasteiger partial charge in [0.25, 0.3) is 20.0 Å². The van der Waals surface area contributed by atoms with Crippen molar-refractivity contribution in [3.8, 4) is 11.4 Å². The number of fused-ring (bicyclic) bond motifs is 2. The second-order valence-electron chi connectivity index (χ2n) is 8.72. The third kappa shape index (κ3) is 4.01. The van der Waals surface area contributed by atoms with Crippen molar-refractivity contribution in [2.75, 3.05) is 9.62 Å². The molecule has 0 atom stereocenters. The van der Waals surface area contributed by atoms with E-state index >= 15 is 0 Å². The average Bonchev–Trinajstić information content (AvgIpc) is 3.36. The summed E-state index contributed by atoms with van der Waals surface area (Å²) >= 11 is 0. The highest BCUT2D eigenvalue weighted by Gasteiger charge is 2.37. The van der Waals surface area contributed by atoms with Crippen molar-refractivity contribution in [3.05, 3.63) is 109 Å². The first-order valence-electron chi connectivity index (χ1n) is 11.6. The first-order chi connectivity index (χ1) is 18.2. The zero-order valence-corrected chi connectivity index (χ0v) is 21.7. The van der Waals surface area contributed by atoms with Gasteiger partial charge in [0.05, 0.1) is 10.6 Å². The van der Waals surface area contributed by atoms with Crippen molar-refractivity contribution in [2.45, 2.75) is 16.7 Å². The minimum Gasteiger partial charge on any atom is -0.280 e. The van der Waals surface area contributed by atoms with Gasteiger partial charge in [0.15, 0.2) is 5.82 Å². The van der Waals surface area contributed by atoms with Gasteiger partial charge in [-0.15, -0.1) is 9.19 Å². The summed E-state index contributed by atoms with van der Waals surface area (Å²) in [6.45, 7) is 1.88. The molecule has 0 bridgehead atoms. The van der Waals surface area contributed by atoms with Gasteiger partial charge < -0.3 is 0 Å². The number of benzene rings is 4. The third-order valence-corrected chi connectivity index (χ3v) is 9.11. The van der Waals surface area contributed by atoms with Gasteiger partial charge in [-0.1, -0.05) is 48.0 Å². The summed E-state index contributed by atoms with van der Waals surface area (Å²) in [7, 11) is -7.75. The Bertz CT molecular complexity index is 1870. The molecule has 11 heteroatoms. The largest absolute Gasteiger partial charge is 0.288 e. The topological polar surface area (TPSA) is 114 Å². The normalized spacial score (nSPS) is 14.0. The van der Waals surface area contributed by atoms with Gasteiger partial charge >= 0.3 is 0 Å². The Morgan fingerprint density at radius 2 is 1.45 bits per heavy atom. The van der Waals surface area contributed by atoms with Crippen LogP contribution in [0.5, 0.6) is 0 Å². The fourth-order valence-corrected chi connectivity index (χ4v) is 6.66. The highest BCUT2D eigenvalue weighted by Crippen LogP contribution is 2.43. The highest BCUT2D eigenvalue weighted by atomic mass is 32.2. The SMILES string of the molecule is Cc1ccc(S(=O)(=O)Nc2ccc(-c3nc4n(n3)S(=O)(=O)c3ccccc3N4c3ccccc3)cc2)cc1. The Kier molecular flexibility index (Phi) is 5.55. The minimum absolute atomic E-state index is 0.119. The maximum Gasteiger partial charge on any atom is 0.288 e. The fraction of sp³-hybridized carbons (Fsp3) is 0.0370. The number of nitrogens with zero attached hydrogens (tertiary/aromatic N) is 4. The second-order valence-corrected chi connectivity index (χ2v) is 12.1. The lowest BCUT2D eigenvalue weighted by Crippen LogP contribution is -2.28. The molecular weight excluding hydrogens is 522 g/mol. The summed E-state index contributed by atoms with van der Waals surface area (Å²) in [4.78, 5) is 6.61. The number of sulfonamides is 1. The summed E-state index contributed by atoms with van der Waals surface area (Å²) in [6.07, 6.45) is 0. The van der Waals surface area contributed by atoms with Gasteiger partial charge in [-0.2, -0.15) is 13.4 Å². The van der Waals surface area contributed by atoms with Crippen LogP contribution < -0.4 is 9.62 Å². The van der Waals surface area contributed by atoms with E-state index in [4.69, 9.17) is 0 Å². The first-order valence-corrected chi connectivity index (χ1v) is 14.5. The van der Waals surface area contributed by atoms with Crippen molar-refractivity contribution in [3.63, 3.8) is 0 Å². The third-order valence-electron chi connectivity index (χ3n) is 6.12. The molecule has 1 aromatic heterocycles. The molecule has 6 rings (SSSR count). The van der Waals surface area contributed by atoms with E-state index in [1.807, 2.05) is 37.3 Å². The van der Waals surface area contributed by atoms with Crippen LogP contribution >= 0.6 is 0 Å². The zero-order chi connectivity index (χ0) is 26.5. The Morgan fingerprint density at radius 3 is 2.16 bits per heavy atom. The second kappa shape index (κ2) is 8.82. The van der Waals surface area contributed by atoms with Crippen LogP contribution in [0, 0.1) is 6.92 Å². The molecule has 9 nitrogen and oxygen atoms in total. The van der Waals surface area contributed by atoms with Gasteiger partial charge in [-0.25, -0.2) is 8.42 Å². The molecule has 0 fully saturated rings. The van der Waals surface area contributed by atoms with Crippen LogP contribution in [0.4, 0.5) is 23.0 Å². The van der Waals surface area contributed by atoms with Crippen LogP contribution in [0.1, 0.15) is 5.56 Å². The summed E-state index contributed by atoms with van der Waals surface area (Å²) in [5.41, 5.74) is 3.04. The van der Waals surface area contributed by atoms with Crippen molar-refractivity contribution >= 4 is 43.1 Å². The molecule has 0 amide bonds. The number of anilines is 4. The number of rotatable bonds is 5. The molecule has 0 saturated carbocycles. The molecule has 0 aliphatic carbocycles. The Hall–Kier alpha value is -4.48. The van der Waals surface area contributed by atoms with E-state index in [0.29, 0.717) is 16.9 Å². The lowest BCUT2D eigenvalue weighted by Gasteiger charge is -2.29. The molecular formula is C27H21N5O4S2. The van der Waals surface area contributed by atoms with Crippen LogP contribution in [0.15, 0.2) is 113 Å². The number of hydrogen-bond donors (Lipinski definition) is 1. The maximum atomic E-state index is 13.4. The van der Waals surface area contributed by atoms with E-state index in [2.05, 4.69) is 14.8 Å². The van der Waals surface area contributed by atoms with E-state index in [0.717, 1.165) is 15.3 Å². The average molecular weight is 544 g/mol. The molecule has 0 saturated heterocycles. The van der Waals surface area contributed by atoms with Crippen molar-refractivity contribution in [1.29, 1.82) is 0 Å². The molecule has 38 heavy (non-hydrogen) atoms. The van der Waals surface area contributed by atoms with Crippen LogP contribution in [0.2, 0.25) is 0 Å². The van der Waals surface area contributed by atoms with Crippen LogP contribution in [0.3, 0.4) is 0 Å². The minimum atomic E-state index is -3.99. The van der Waals surface area contributed by atoms with E-state index in [1.54, 1.807) is 77.7 Å². The van der Waals surface area contributed by atoms with Gasteiger partial charge in [0.2, 0.25) is 5.95 Å². The van der Waals surface area contributed by atoms with Crippen LogP contribution in [-0.2, 0) is 20.0 Å². The van der Waals surface area contributed by atoms with Gasteiger partial charge in [-0.05, 0) is 67.6 Å². The smallest absolute Gasteiger partial charge is 0.280 e. The van der Waals surface area contributed by atoms with Gasteiger partial charge in [0, 0.05) is 16.9 Å². The summed E-state index contributed by atoms with van der Waals surface area (Å²) < 4.78 is 55.9. The number of hydrogen-bond acceptors (Lipinski definition) is 7. The van der Waals surface area contributed by atoms with E-state index < -0.39 is 20.0 Å². The van der Waals surface area contributed by atoms with Crippen molar-refractivity contribution in [2.24, 2.45) is 0 Å². The maximum absolute atomic E-state index is 13.4. The van der Waals surface area contributed by atoms with Crippen LogP contribution in [0.25, 0.3) is 11.4 Å². The number of aryl methyl sites for hydroxylation is 1. The van der Waals surface area contributed by atoms with Crippen molar-refractivity contribution in [1.82, 2.24) is 14.2 Å². The molecule has 0 spiro atoms. The first kappa shape index (κ1) is 23.9. The molecule has 1 aliphatic rings. The molecule has 2 heterocycles. The predicted molar refractivity (Wildman–Crippen MR) is 145 cm³/mol. The number of nitrogens with one attached hydrogen (secondary N) is 1. The lowest BCUT2D eigenvalue weighted by atomic mass is 10.2. The van der Waals surface area contributed by atoms with Gasteiger partial charge in [0.1, 0.15) is 4.90 Å². The summed E-state index contributed by atoms with van der Waals surface area (Å²) in [6, 6.07) is 29.0. The Morgan fingerprint density at radius 1 is 0.789 bits per heavy atom. The molecule has 0 unspecified atom stereocenters. The monoisotopic (exact) mass is 543 g/mol. The quantitative estimate of drug-likeness (QED) is 0.323. The lowest BCUT2D eigenvalue weighted by molar-refractivity contribution is 0.578. The van der Waals surface area contributed by atoms with Crippen LogP contribution in [-0.4, -0.2) is 31.0 Å². The van der Waals surface area contributed by atoms with E-state index in [-0.39, 0.29) is 21.6 Å². The molecule has 1 aliphatic heterocycles. The fourth-order valence-electron chi connectivity index (χ4n) is 4.22. The predicted octanol–water partition coefficient (Wildman–Crippen LogP) is 5.07. The molecule has 1 N–H and O–H groups in total. The standard InChI is InChI=1S/C27H21N5O4S2/c1-19-11-17-23(18-12-19)37(33,34)30-21-15-13-20(14-16-21)26-28-27-31(22-7-3-2-4-8-22)24-9-5-6-10-25(24)38(35,36)32(27)29-26/h2-18,30H,1H3. The molecule has 4 aromatic carbocycles. The molecule has 5 aromatic rings. The van der Waals surface area contributed by atoms with E-state index in [1.165, 1.54) is 0 Å². The molecule has 0 radical (unpaired) electrons.